The zero-order chi connectivity index (χ0) is 13.6. The fraction of sp³-hybridized carbons (Fsp3) is 0.400. The summed E-state index contributed by atoms with van der Waals surface area (Å²) in [5.41, 5.74) is 3.30. The smallest absolute Gasteiger partial charge is 0.334 e. The minimum atomic E-state index is -0.566. The van der Waals surface area contributed by atoms with E-state index in [0.29, 0.717) is 24.2 Å². The second-order valence-corrected chi connectivity index (χ2v) is 5.16. The third kappa shape index (κ3) is 2.02. The van der Waals surface area contributed by atoms with E-state index in [1.54, 1.807) is 6.26 Å². The lowest BCUT2D eigenvalue weighted by molar-refractivity contribution is -0.140. The Labute approximate surface area is 111 Å². The number of aryl methyl sites for hydroxylation is 1. The first-order chi connectivity index (χ1) is 9.06. The van der Waals surface area contributed by atoms with Gasteiger partial charge in [0.25, 0.3) is 0 Å². The summed E-state index contributed by atoms with van der Waals surface area (Å²) < 4.78 is 10.9. The van der Waals surface area contributed by atoms with Gasteiger partial charge in [0.2, 0.25) is 0 Å². The van der Waals surface area contributed by atoms with Gasteiger partial charge in [0.15, 0.2) is 6.10 Å². The summed E-state index contributed by atoms with van der Waals surface area (Å²) in [5.74, 6) is 0.370. The molecular weight excluding hydrogens is 244 g/mol. The van der Waals surface area contributed by atoms with Crippen LogP contribution in [0.25, 0.3) is 6.08 Å². The molecule has 2 aliphatic rings. The Bertz CT molecular complexity index is 591. The molecule has 3 rings (SSSR count). The molecule has 0 spiro atoms. The molecule has 1 aromatic rings. The molecule has 0 saturated carbocycles. The van der Waals surface area contributed by atoms with Crippen LogP contribution < -0.4 is 0 Å². The van der Waals surface area contributed by atoms with Gasteiger partial charge in [0, 0.05) is 11.1 Å². The molecule has 0 aromatic carbocycles. The van der Waals surface area contributed by atoms with Crippen LogP contribution >= 0.6 is 0 Å². The third-order valence-corrected chi connectivity index (χ3v) is 3.76. The van der Waals surface area contributed by atoms with Gasteiger partial charge in [0.05, 0.1) is 12.4 Å². The molecule has 1 aliphatic heterocycles. The Balaban J connectivity index is 2.13. The molecule has 4 heteroatoms. The summed E-state index contributed by atoms with van der Waals surface area (Å²) in [7, 11) is 0. The molecule has 2 atom stereocenters. The summed E-state index contributed by atoms with van der Waals surface area (Å²) in [4.78, 5) is 11.8. The van der Waals surface area contributed by atoms with E-state index >= 15 is 0 Å². The molecule has 4 nitrogen and oxygen atoms in total. The second kappa shape index (κ2) is 4.38. The Morgan fingerprint density at radius 2 is 2.16 bits per heavy atom. The van der Waals surface area contributed by atoms with Crippen molar-refractivity contribution in [3.8, 4) is 0 Å². The largest absolute Gasteiger partial charge is 0.464 e. The fourth-order valence-corrected chi connectivity index (χ4v) is 2.58. The van der Waals surface area contributed by atoms with Gasteiger partial charge in [-0.05, 0) is 50.0 Å². The first-order valence-corrected chi connectivity index (χ1v) is 6.42. The summed E-state index contributed by atoms with van der Waals surface area (Å²) in [5, 5.41) is 10.1. The van der Waals surface area contributed by atoms with Crippen molar-refractivity contribution in [2.75, 3.05) is 0 Å². The summed E-state index contributed by atoms with van der Waals surface area (Å²) in [6, 6.07) is 0. The molecule has 0 radical (unpaired) electrons. The number of carbonyl (C=O) groups excluding carboxylic acids is 1. The highest BCUT2D eigenvalue weighted by atomic mass is 16.5. The number of aliphatic hydroxyl groups excluding tert-OH is 1. The molecule has 2 bridgehead atoms. The zero-order valence-corrected chi connectivity index (χ0v) is 11.0. The van der Waals surface area contributed by atoms with Crippen molar-refractivity contribution in [1.82, 2.24) is 0 Å². The van der Waals surface area contributed by atoms with Crippen LogP contribution in [0, 0.1) is 6.92 Å². The highest BCUT2D eigenvalue weighted by Gasteiger charge is 2.31. The van der Waals surface area contributed by atoms with E-state index in [1.165, 1.54) is 0 Å². The predicted octanol–water partition coefficient (Wildman–Crippen LogP) is 2.67. The molecule has 100 valence electrons. The summed E-state index contributed by atoms with van der Waals surface area (Å²) >= 11 is 0. The van der Waals surface area contributed by atoms with Gasteiger partial charge in [-0.2, -0.15) is 0 Å². The maximum Gasteiger partial charge on any atom is 0.334 e. The number of esters is 1. The van der Waals surface area contributed by atoms with Crippen molar-refractivity contribution in [2.45, 2.75) is 38.9 Å². The molecule has 0 amide bonds. The van der Waals surface area contributed by atoms with Crippen LogP contribution in [0.1, 0.15) is 42.8 Å². The van der Waals surface area contributed by atoms with E-state index < -0.39 is 6.10 Å². The molecular formula is C15H16O4. The fourth-order valence-electron chi connectivity index (χ4n) is 2.58. The lowest BCUT2D eigenvalue weighted by Crippen LogP contribution is -2.09. The van der Waals surface area contributed by atoms with Crippen molar-refractivity contribution < 1.29 is 19.1 Å². The minimum absolute atomic E-state index is 0.289. The van der Waals surface area contributed by atoms with Crippen molar-refractivity contribution >= 4 is 12.0 Å². The van der Waals surface area contributed by atoms with Crippen LogP contribution in [0.3, 0.4) is 0 Å². The molecule has 0 saturated heterocycles. The lowest BCUT2D eigenvalue weighted by Gasteiger charge is -2.12. The number of rotatable bonds is 0. The SMILES string of the molecule is CC1=Cc2occ(C)c2C2C=C(CCC1O)C(=O)O2. The van der Waals surface area contributed by atoms with Crippen LogP contribution in [0.5, 0.6) is 0 Å². The van der Waals surface area contributed by atoms with Gasteiger partial charge in [-0.3, -0.25) is 0 Å². The number of furan rings is 1. The van der Waals surface area contributed by atoms with E-state index in [9.17, 15) is 9.90 Å². The van der Waals surface area contributed by atoms with E-state index in [1.807, 2.05) is 26.0 Å². The average molecular weight is 260 g/mol. The number of fused-ring (bicyclic) bond motifs is 3. The number of aliphatic hydroxyl groups is 1. The molecule has 1 aromatic heterocycles. The quantitative estimate of drug-likeness (QED) is 0.728. The number of carbonyl (C=O) groups is 1. The lowest BCUT2D eigenvalue weighted by atomic mass is 9.96. The van der Waals surface area contributed by atoms with Crippen molar-refractivity contribution in [3.05, 3.63) is 40.4 Å². The Morgan fingerprint density at radius 3 is 2.95 bits per heavy atom. The Kier molecular flexibility index (Phi) is 2.82. The van der Waals surface area contributed by atoms with Crippen molar-refractivity contribution in [2.24, 2.45) is 0 Å². The first-order valence-electron chi connectivity index (χ1n) is 6.42. The maximum absolute atomic E-state index is 11.8. The molecule has 2 unspecified atom stereocenters. The second-order valence-electron chi connectivity index (χ2n) is 5.16. The number of ether oxygens (including phenoxy) is 1. The molecule has 19 heavy (non-hydrogen) atoms. The monoisotopic (exact) mass is 260 g/mol. The molecule has 1 aliphatic carbocycles. The first kappa shape index (κ1) is 12.2. The van der Waals surface area contributed by atoms with Gasteiger partial charge in [0.1, 0.15) is 5.76 Å². The molecule has 0 fully saturated rings. The van der Waals surface area contributed by atoms with Gasteiger partial charge < -0.3 is 14.3 Å². The topological polar surface area (TPSA) is 59.7 Å². The van der Waals surface area contributed by atoms with E-state index in [2.05, 4.69) is 0 Å². The van der Waals surface area contributed by atoms with Crippen LogP contribution in [-0.2, 0) is 9.53 Å². The van der Waals surface area contributed by atoms with Crippen LogP contribution in [0.2, 0.25) is 0 Å². The summed E-state index contributed by atoms with van der Waals surface area (Å²) in [6.45, 7) is 3.79. The summed E-state index contributed by atoms with van der Waals surface area (Å²) in [6.07, 6.45) is 5.44. The third-order valence-electron chi connectivity index (χ3n) is 3.76. The normalized spacial score (nSPS) is 26.4. The van der Waals surface area contributed by atoms with E-state index in [-0.39, 0.29) is 12.1 Å². The van der Waals surface area contributed by atoms with Crippen LogP contribution in [-0.4, -0.2) is 17.2 Å². The van der Waals surface area contributed by atoms with Crippen LogP contribution in [0.4, 0.5) is 0 Å². The molecule has 2 heterocycles. The standard InChI is InChI=1S/C15H16O4/c1-8-5-12-14(9(2)7-18-12)13-6-10(15(17)19-13)3-4-11(8)16/h5-7,11,13,16H,3-4H2,1-2H3. The number of hydrogen-bond donors (Lipinski definition) is 1. The highest BCUT2D eigenvalue weighted by molar-refractivity contribution is 5.91. The van der Waals surface area contributed by atoms with Gasteiger partial charge >= 0.3 is 5.97 Å². The Hall–Kier alpha value is -1.81. The van der Waals surface area contributed by atoms with Crippen LogP contribution in [0.15, 0.2) is 27.9 Å². The maximum atomic E-state index is 11.8. The predicted molar refractivity (Wildman–Crippen MR) is 69.3 cm³/mol. The van der Waals surface area contributed by atoms with Crippen molar-refractivity contribution in [1.29, 1.82) is 0 Å². The van der Waals surface area contributed by atoms with Crippen molar-refractivity contribution in [3.63, 3.8) is 0 Å². The van der Waals surface area contributed by atoms with E-state index in [0.717, 1.165) is 16.7 Å². The minimum Gasteiger partial charge on any atom is -0.464 e. The van der Waals surface area contributed by atoms with Gasteiger partial charge in [-0.1, -0.05) is 0 Å². The molecule has 1 N–H and O–H groups in total. The van der Waals surface area contributed by atoms with Gasteiger partial charge in [-0.25, -0.2) is 4.79 Å². The van der Waals surface area contributed by atoms with Gasteiger partial charge in [-0.15, -0.1) is 0 Å². The zero-order valence-electron chi connectivity index (χ0n) is 11.0. The Morgan fingerprint density at radius 1 is 1.37 bits per heavy atom. The average Bonchev–Trinajstić information content (AvgIpc) is 2.89. The highest BCUT2D eigenvalue weighted by Crippen LogP contribution is 2.37. The number of hydrogen-bond acceptors (Lipinski definition) is 4. The van der Waals surface area contributed by atoms with E-state index in [4.69, 9.17) is 9.15 Å².